The number of nitrogens with one attached hydrogen (secondary N) is 1. The zero-order valence-corrected chi connectivity index (χ0v) is 13.6. The van der Waals surface area contributed by atoms with Crippen LogP contribution >= 0.6 is 50.7 Å². The second-order valence-corrected chi connectivity index (χ2v) is 5.95. The van der Waals surface area contributed by atoms with Crippen molar-refractivity contribution in [1.29, 1.82) is 0 Å². The molecule has 2 rings (SSSR count). The maximum absolute atomic E-state index is 5.65. The fourth-order valence-electron chi connectivity index (χ4n) is 1.34. The van der Waals surface area contributed by atoms with E-state index in [1.165, 1.54) is 0 Å². The third kappa shape index (κ3) is 3.15. The molecular formula is C11H8BrIN4S. The van der Waals surface area contributed by atoms with Crippen molar-refractivity contribution in [2.45, 2.75) is 0 Å². The summed E-state index contributed by atoms with van der Waals surface area (Å²) in [7, 11) is 0. The van der Waals surface area contributed by atoms with Crippen molar-refractivity contribution in [2.24, 2.45) is 5.73 Å². The van der Waals surface area contributed by atoms with Crippen LogP contribution in [0.4, 0.5) is 11.5 Å². The second kappa shape index (κ2) is 5.89. The Morgan fingerprint density at radius 1 is 1.39 bits per heavy atom. The van der Waals surface area contributed by atoms with Crippen molar-refractivity contribution in [2.75, 3.05) is 5.32 Å². The van der Waals surface area contributed by atoms with Gasteiger partial charge < -0.3 is 11.1 Å². The average molecular weight is 435 g/mol. The summed E-state index contributed by atoms with van der Waals surface area (Å²) in [6.45, 7) is 0. The van der Waals surface area contributed by atoms with Gasteiger partial charge in [0.2, 0.25) is 0 Å². The molecule has 1 heterocycles. The Balaban J connectivity index is 2.40. The van der Waals surface area contributed by atoms with Crippen molar-refractivity contribution >= 4 is 67.2 Å². The van der Waals surface area contributed by atoms with Crippen molar-refractivity contribution in [3.8, 4) is 0 Å². The van der Waals surface area contributed by atoms with Gasteiger partial charge in [-0.2, -0.15) is 5.10 Å². The first kappa shape index (κ1) is 13.6. The SMILES string of the molecule is NC(=S)c1ccnnc1Nc1cc(I)ccc1Br. The molecule has 92 valence electrons. The Hall–Kier alpha value is -0.800. The molecule has 0 unspecified atom stereocenters. The highest BCUT2D eigenvalue weighted by atomic mass is 127. The summed E-state index contributed by atoms with van der Waals surface area (Å²) in [6.07, 6.45) is 1.56. The van der Waals surface area contributed by atoms with E-state index in [0.29, 0.717) is 11.4 Å². The van der Waals surface area contributed by atoms with E-state index in [9.17, 15) is 0 Å². The first-order valence-corrected chi connectivity index (χ1v) is 7.19. The highest BCUT2D eigenvalue weighted by Crippen LogP contribution is 2.27. The van der Waals surface area contributed by atoms with Gasteiger partial charge in [-0.1, -0.05) is 12.2 Å². The number of hydrogen-bond acceptors (Lipinski definition) is 4. The summed E-state index contributed by atoms with van der Waals surface area (Å²) in [4.78, 5) is 0.286. The van der Waals surface area contributed by atoms with Gasteiger partial charge in [0.15, 0.2) is 5.82 Å². The molecule has 0 saturated heterocycles. The summed E-state index contributed by atoms with van der Waals surface area (Å²) < 4.78 is 2.04. The molecule has 0 atom stereocenters. The van der Waals surface area contributed by atoms with Crippen LogP contribution in [-0.2, 0) is 0 Å². The summed E-state index contributed by atoms with van der Waals surface area (Å²) in [5.74, 6) is 0.549. The lowest BCUT2D eigenvalue weighted by molar-refractivity contribution is 1.03. The first-order chi connectivity index (χ1) is 8.58. The molecule has 0 aliphatic rings. The van der Waals surface area contributed by atoms with Gasteiger partial charge in [-0.3, -0.25) is 0 Å². The molecule has 4 nitrogen and oxygen atoms in total. The maximum Gasteiger partial charge on any atom is 0.163 e. The standard InChI is InChI=1S/C11H8BrIN4S/c12-8-2-1-6(13)5-9(8)16-11-7(10(14)18)3-4-15-17-11/h1-5H,(H2,14,18)(H,16,17). The minimum absolute atomic E-state index is 0.286. The van der Waals surface area contributed by atoms with Crippen LogP contribution in [0.15, 0.2) is 34.9 Å². The fourth-order valence-corrected chi connectivity index (χ4v) is 2.35. The number of rotatable bonds is 3. The molecule has 0 aliphatic carbocycles. The molecule has 0 spiro atoms. The van der Waals surface area contributed by atoms with Crippen molar-refractivity contribution in [3.05, 3.63) is 44.1 Å². The zero-order valence-electron chi connectivity index (χ0n) is 9.02. The van der Waals surface area contributed by atoms with E-state index in [1.807, 2.05) is 18.2 Å². The fraction of sp³-hybridized carbons (Fsp3) is 0. The summed E-state index contributed by atoms with van der Waals surface area (Å²) >= 11 is 10.7. The normalized spacial score (nSPS) is 10.1. The number of thiocarbonyl (C=S) groups is 1. The number of nitrogens with two attached hydrogens (primary N) is 1. The molecule has 1 aromatic carbocycles. The number of benzene rings is 1. The van der Waals surface area contributed by atoms with Crippen molar-refractivity contribution in [3.63, 3.8) is 0 Å². The Kier molecular flexibility index (Phi) is 4.46. The zero-order chi connectivity index (χ0) is 13.1. The summed E-state index contributed by atoms with van der Waals surface area (Å²) in [5.41, 5.74) is 7.21. The monoisotopic (exact) mass is 434 g/mol. The smallest absolute Gasteiger partial charge is 0.163 e. The molecule has 0 radical (unpaired) electrons. The molecule has 0 bridgehead atoms. The largest absolute Gasteiger partial charge is 0.389 e. The van der Waals surface area contributed by atoms with Gasteiger partial charge in [0.05, 0.1) is 17.4 Å². The van der Waals surface area contributed by atoms with E-state index in [1.54, 1.807) is 12.3 Å². The molecule has 7 heteroatoms. The van der Waals surface area contributed by atoms with Crippen LogP contribution in [-0.4, -0.2) is 15.2 Å². The first-order valence-electron chi connectivity index (χ1n) is 4.91. The third-order valence-electron chi connectivity index (χ3n) is 2.17. The van der Waals surface area contributed by atoms with Crippen LogP contribution in [0.1, 0.15) is 5.56 Å². The van der Waals surface area contributed by atoms with Crippen molar-refractivity contribution < 1.29 is 0 Å². The van der Waals surface area contributed by atoms with Crippen LogP contribution in [0, 0.1) is 3.57 Å². The molecule has 18 heavy (non-hydrogen) atoms. The van der Waals surface area contributed by atoms with E-state index in [0.717, 1.165) is 13.7 Å². The highest BCUT2D eigenvalue weighted by molar-refractivity contribution is 14.1. The molecule has 0 aliphatic heterocycles. The molecule has 1 aromatic heterocycles. The van der Waals surface area contributed by atoms with Crippen LogP contribution in [0.3, 0.4) is 0 Å². The Labute approximate surface area is 132 Å². The molecule has 0 saturated carbocycles. The van der Waals surface area contributed by atoms with Gasteiger partial charge in [0.25, 0.3) is 0 Å². The predicted molar refractivity (Wildman–Crippen MR) is 88.1 cm³/mol. The second-order valence-electron chi connectivity index (χ2n) is 3.41. The lowest BCUT2D eigenvalue weighted by Gasteiger charge is -2.10. The number of hydrogen-bond donors (Lipinski definition) is 2. The average Bonchev–Trinajstić information content (AvgIpc) is 2.34. The van der Waals surface area contributed by atoms with Crippen LogP contribution < -0.4 is 11.1 Å². The molecule has 3 N–H and O–H groups in total. The molecule has 2 aromatic rings. The van der Waals surface area contributed by atoms with E-state index in [4.69, 9.17) is 18.0 Å². The van der Waals surface area contributed by atoms with Gasteiger partial charge in [-0.05, 0) is 62.8 Å². The Bertz CT molecular complexity index is 605. The number of aromatic nitrogens is 2. The van der Waals surface area contributed by atoms with E-state index in [2.05, 4.69) is 54.0 Å². The topological polar surface area (TPSA) is 63.8 Å². The number of nitrogens with zero attached hydrogens (tertiary/aromatic N) is 2. The Morgan fingerprint density at radius 2 is 2.17 bits per heavy atom. The van der Waals surface area contributed by atoms with Gasteiger partial charge in [-0.15, -0.1) is 5.10 Å². The minimum Gasteiger partial charge on any atom is -0.389 e. The third-order valence-corrected chi connectivity index (χ3v) is 3.75. The van der Waals surface area contributed by atoms with E-state index >= 15 is 0 Å². The molecule has 0 fully saturated rings. The quantitative estimate of drug-likeness (QED) is 0.573. The molecular weight excluding hydrogens is 427 g/mol. The van der Waals surface area contributed by atoms with Gasteiger partial charge in [-0.25, -0.2) is 0 Å². The lowest BCUT2D eigenvalue weighted by atomic mass is 10.2. The van der Waals surface area contributed by atoms with Gasteiger partial charge >= 0.3 is 0 Å². The number of anilines is 2. The van der Waals surface area contributed by atoms with E-state index < -0.39 is 0 Å². The molecule has 0 amide bonds. The van der Waals surface area contributed by atoms with Crippen LogP contribution in [0.25, 0.3) is 0 Å². The van der Waals surface area contributed by atoms with Crippen molar-refractivity contribution in [1.82, 2.24) is 10.2 Å². The highest BCUT2D eigenvalue weighted by Gasteiger charge is 2.09. The lowest BCUT2D eigenvalue weighted by Crippen LogP contribution is -2.13. The van der Waals surface area contributed by atoms with E-state index in [-0.39, 0.29) is 4.99 Å². The summed E-state index contributed by atoms with van der Waals surface area (Å²) in [6, 6.07) is 7.68. The Morgan fingerprint density at radius 3 is 2.89 bits per heavy atom. The van der Waals surface area contributed by atoms with Crippen LogP contribution in [0.5, 0.6) is 0 Å². The van der Waals surface area contributed by atoms with Gasteiger partial charge in [0, 0.05) is 8.04 Å². The maximum atomic E-state index is 5.65. The summed E-state index contributed by atoms with van der Waals surface area (Å²) in [5, 5.41) is 11.0. The predicted octanol–water partition coefficient (Wildman–Crippen LogP) is 3.22. The minimum atomic E-state index is 0.286. The van der Waals surface area contributed by atoms with Gasteiger partial charge in [0.1, 0.15) is 4.99 Å². The van der Waals surface area contributed by atoms with Crippen LogP contribution in [0.2, 0.25) is 0 Å². The number of halogens is 2.